The van der Waals surface area contributed by atoms with E-state index in [1.165, 1.54) is 0 Å². The molecule has 0 aliphatic carbocycles. The van der Waals surface area contributed by atoms with Crippen LogP contribution < -0.4 is 0 Å². The summed E-state index contributed by atoms with van der Waals surface area (Å²) in [6, 6.07) is 7.08. The summed E-state index contributed by atoms with van der Waals surface area (Å²) < 4.78 is 0.730. The summed E-state index contributed by atoms with van der Waals surface area (Å²) in [5, 5.41) is 0. The van der Waals surface area contributed by atoms with Gasteiger partial charge in [-0.15, -0.1) is 0 Å². The van der Waals surface area contributed by atoms with Crippen LogP contribution in [0.25, 0.3) is 0 Å². The van der Waals surface area contributed by atoms with E-state index in [0.717, 1.165) is 4.47 Å². The van der Waals surface area contributed by atoms with Gasteiger partial charge in [0.25, 0.3) is 0 Å². The average Bonchev–Trinajstić information content (AvgIpc) is 2.16. The quantitative estimate of drug-likeness (QED) is 0.462. The highest BCUT2D eigenvalue weighted by atomic mass is 79.9. The number of hydrogen-bond donors (Lipinski definition) is 0. The lowest BCUT2D eigenvalue weighted by Gasteiger charge is -2.04. The van der Waals surface area contributed by atoms with Crippen LogP contribution in [-0.2, 0) is 4.79 Å². The maximum absolute atomic E-state index is 11.5. The van der Waals surface area contributed by atoms with E-state index in [1.807, 2.05) is 6.07 Å². The molecule has 0 N–H and O–H groups in total. The van der Waals surface area contributed by atoms with Gasteiger partial charge >= 0.3 is 0 Å². The fourth-order valence-corrected chi connectivity index (χ4v) is 1.45. The highest BCUT2D eigenvalue weighted by Crippen LogP contribution is 2.18. The first-order chi connectivity index (χ1) is 6.16. The summed E-state index contributed by atoms with van der Waals surface area (Å²) in [4.78, 5) is 21.9. The van der Waals surface area contributed by atoms with Crippen molar-refractivity contribution in [1.29, 1.82) is 0 Å². The molecule has 1 aromatic carbocycles. The van der Waals surface area contributed by atoms with E-state index in [1.54, 1.807) is 25.1 Å². The molecule has 0 aliphatic rings. The van der Waals surface area contributed by atoms with Gasteiger partial charge < -0.3 is 4.79 Å². The zero-order valence-corrected chi connectivity index (χ0v) is 8.74. The molecule has 68 valence electrons. The Hall–Kier alpha value is -0.960. The Morgan fingerprint density at radius 2 is 2.08 bits per heavy atom. The minimum Gasteiger partial charge on any atom is -0.303 e. The molecule has 1 atom stereocenters. The molecule has 0 radical (unpaired) electrons. The van der Waals surface area contributed by atoms with E-state index in [0.29, 0.717) is 11.8 Å². The van der Waals surface area contributed by atoms with Crippen LogP contribution in [0.2, 0.25) is 0 Å². The van der Waals surface area contributed by atoms with Gasteiger partial charge in [-0.2, -0.15) is 0 Å². The number of carbonyl (C=O) groups is 2. The second-order valence-electron chi connectivity index (χ2n) is 2.77. The zero-order chi connectivity index (χ0) is 9.84. The van der Waals surface area contributed by atoms with Crippen molar-refractivity contribution in [2.75, 3.05) is 0 Å². The maximum Gasteiger partial charge on any atom is 0.173 e. The predicted octanol–water partition coefficient (Wildman–Crippen LogP) is 2.47. The van der Waals surface area contributed by atoms with Crippen molar-refractivity contribution in [1.82, 2.24) is 0 Å². The van der Waals surface area contributed by atoms with Crippen molar-refractivity contribution >= 4 is 28.0 Å². The van der Waals surface area contributed by atoms with Crippen LogP contribution in [0.1, 0.15) is 17.3 Å². The fourth-order valence-electron chi connectivity index (χ4n) is 0.968. The topological polar surface area (TPSA) is 34.1 Å². The normalized spacial score (nSPS) is 12.2. The predicted molar refractivity (Wildman–Crippen MR) is 53.7 cm³/mol. The molecule has 0 heterocycles. The summed E-state index contributed by atoms with van der Waals surface area (Å²) in [5.74, 6) is -0.721. The molecule has 3 heteroatoms. The lowest BCUT2D eigenvalue weighted by atomic mass is 10.0. The first-order valence-electron chi connectivity index (χ1n) is 3.91. The number of halogens is 1. The molecule has 1 rings (SSSR count). The third-order valence-electron chi connectivity index (χ3n) is 1.76. The number of Topliss-reactive ketones (excluding diaryl/α,β-unsaturated/α-hetero) is 1. The van der Waals surface area contributed by atoms with Gasteiger partial charge in [-0.1, -0.05) is 34.1 Å². The maximum atomic E-state index is 11.5. The molecule has 0 aliphatic heterocycles. The summed E-state index contributed by atoms with van der Waals surface area (Å²) in [6.45, 7) is 1.59. The Labute approximate surface area is 85.1 Å². The second-order valence-corrected chi connectivity index (χ2v) is 3.62. The first kappa shape index (κ1) is 10.1. The van der Waals surface area contributed by atoms with Crippen molar-refractivity contribution < 1.29 is 9.59 Å². The summed E-state index contributed by atoms with van der Waals surface area (Å²) >= 11 is 3.26. The Balaban J connectivity index is 3.02. The van der Waals surface area contributed by atoms with Gasteiger partial charge in [0.15, 0.2) is 5.78 Å². The standard InChI is InChI=1S/C10H9BrO2/c1-7(6-12)10(13)8-4-2-3-5-9(8)11/h2-7H,1H3. The van der Waals surface area contributed by atoms with E-state index in [2.05, 4.69) is 15.9 Å². The third kappa shape index (κ3) is 2.25. The SMILES string of the molecule is CC(C=O)C(=O)c1ccccc1Br. The van der Waals surface area contributed by atoms with Crippen LogP contribution in [0, 0.1) is 5.92 Å². The average molecular weight is 241 g/mol. The van der Waals surface area contributed by atoms with Crippen LogP contribution in [0.4, 0.5) is 0 Å². The van der Waals surface area contributed by atoms with Gasteiger partial charge in [-0.3, -0.25) is 4.79 Å². The van der Waals surface area contributed by atoms with E-state index in [-0.39, 0.29) is 5.78 Å². The van der Waals surface area contributed by atoms with Gasteiger partial charge in [0, 0.05) is 10.0 Å². The van der Waals surface area contributed by atoms with Crippen molar-refractivity contribution in [2.24, 2.45) is 5.92 Å². The molecule has 0 fully saturated rings. The van der Waals surface area contributed by atoms with Crippen LogP contribution in [-0.4, -0.2) is 12.1 Å². The molecular weight excluding hydrogens is 232 g/mol. The number of aldehydes is 1. The van der Waals surface area contributed by atoms with E-state index in [9.17, 15) is 9.59 Å². The molecular formula is C10H9BrO2. The number of hydrogen-bond acceptors (Lipinski definition) is 2. The molecule has 0 amide bonds. The molecule has 0 bridgehead atoms. The van der Waals surface area contributed by atoms with Crippen LogP contribution in [0.15, 0.2) is 28.7 Å². The van der Waals surface area contributed by atoms with Crippen LogP contribution >= 0.6 is 15.9 Å². The van der Waals surface area contributed by atoms with Crippen molar-refractivity contribution in [3.63, 3.8) is 0 Å². The fraction of sp³-hybridized carbons (Fsp3) is 0.200. The van der Waals surface area contributed by atoms with E-state index >= 15 is 0 Å². The van der Waals surface area contributed by atoms with E-state index < -0.39 is 5.92 Å². The minimum atomic E-state index is -0.571. The molecule has 13 heavy (non-hydrogen) atoms. The number of benzene rings is 1. The zero-order valence-electron chi connectivity index (χ0n) is 7.16. The number of carbonyl (C=O) groups excluding carboxylic acids is 2. The van der Waals surface area contributed by atoms with E-state index in [4.69, 9.17) is 0 Å². The molecule has 1 unspecified atom stereocenters. The van der Waals surface area contributed by atoms with Crippen LogP contribution in [0.3, 0.4) is 0 Å². The molecule has 0 saturated carbocycles. The summed E-state index contributed by atoms with van der Waals surface area (Å²) in [7, 11) is 0. The minimum absolute atomic E-state index is 0.150. The first-order valence-corrected chi connectivity index (χ1v) is 4.70. The Morgan fingerprint density at radius 3 is 2.62 bits per heavy atom. The molecule has 2 nitrogen and oxygen atoms in total. The van der Waals surface area contributed by atoms with Crippen molar-refractivity contribution in [2.45, 2.75) is 6.92 Å². The van der Waals surface area contributed by atoms with Gasteiger partial charge in [-0.25, -0.2) is 0 Å². The molecule has 0 spiro atoms. The van der Waals surface area contributed by atoms with Gasteiger partial charge in [0.2, 0.25) is 0 Å². The van der Waals surface area contributed by atoms with Crippen molar-refractivity contribution in [3.8, 4) is 0 Å². The third-order valence-corrected chi connectivity index (χ3v) is 2.45. The van der Waals surface area contributed by atoms with Crippen molar-refractivity contribution in [3.05, 3.63) is 34.3 Å². The Bertz CT molecular complexity index is 333. The lowest BCUT2D eigenvalue weighted by Crippen LogP contribution is -2.12. The molecule has 0 aromatic heterocycles. The number of ketones is 1. The largest absolute Gasteiger partial charge is 0.303 e. The smallest absolute Gasteiger partial charge is 0.173 e. The monoisotopic (exact) mass is 240 g/mol. The Kier molecular flexibility index (Phi) is 3.37. The van der Waals surface area contributed by atoms with Gasteiger partial charge in [-0.05, 0) is 13.0 Å². The highest BCUT2D eigenvalue weighted by Gasteiger charge is 2.15. The summed E-state index contributed by atoms with van der Waals surface area (Å²) in [6.07, 6.45) is 0.655. The summed E-state index contributed by atoms with van der Waals surface area (Å²) in [5.41, 5.74) is 0.558. The molecule has 1 aromatic rings. The van der Waals surface area contributed by atoms with Crippen LogP contribution in [0.5, 0.6) is 0 Å². The number of rotatable bonds is 3. The highest BCUT2D eigenvalue weighted by molar-refractivity contribution is 9.10. The van der Waals surface area contributed by atoms with Gasteiger partial charge in [0.05, 0.1) is 5.92 Å². The Morgan fingerprint density at radius 1 is 1.46 bits per heavy atom. The lowest BCUT2D eigenvalue weighted by molar-refractivity contribution is -0.109. The van der Waals surface area contributed by atoms with Gasteiger partial charge in [0.1, 0.15) is 6.29 Å². The second kappa shape index (κ2) is 4.33. The molecule has 0 saturated heterocycles.